The Bertz CT molecular complexity index is 579. The van der Waals surface area contributed by atoms with E-state index >= 15 is 0 Å². The number of aromatic nitrogens is 3. The van der Waals surface area contributed by atoms with Crippen LogP contribution >= 0.6 is 0 Å². The van der Waals surface area contributed by atoms with Crippen molar-refractivity contribution in [3.8, 4) is 0 Å². The van der Waals surface area contributed by atoms with Gasteiger partial charge in [-0.25, -0.2) is 9.97 Å². The molecule has 3 heterocycles. The lowest BCUT2D eigenvalue weighted by Crippen LogP contribution is -2.35. The topological polar surface area (TPSA) is 61.9 Å². The minimum atomic E-state index is -0.0457. The number of anilines is 1. The number of fused-ring (bicyclic) bond motifs is 1. The zero-order valence-electron chi connectivity index (χ0n) is 9.26. The highest BCUT2D eigenvalue weighted by molar-refractivity contribution is 5.41. The Kier molecular flexibility index (Phi) is 2.36. The van der Waals surface area contributed by atoms with Crippen molar-refractivity contribution in [2.45, 2.75) is 13.0 Å². The minimum Gasteiger partial charge on any atom is -0.352 e. The van der Waals surface area contributed by atoms with Gasteiger partial charge in [0.2, 0.25) is 0 Å². The van der Waals surface area contributed by atoms with E-state index < -0.39 is 0 Å². The molecule has 2 aromatic rings. The average Bonchev–Trinajstić information content (AvgIpc) is 2.40. The Morgan fingerprint density at radius 2 is 2.24 bits per heavy atom. The smallest absolute Gasteiger partial charge is 0.255 e. The molecule has 17 heavy (non-hydrogen) atoms. The summed E-state index contributed by atoms with van der Waals surface area (Å²) in [5.41, 5.74) is 1.61. The van der Waals surface area contributed by atoms with Crippen LogP contribution in [0.5, 0.6) is 0 Å². The van der Waals surface area contributed by atoms with Crippen LogP contribution in [0.4, 0.5) is 5.82 Å². The van der Waals surface area contributed by atoms with Crippen LogP contribution < -0.4 is 10.5 Å². The van der Waals surface area contributed by atoms with Crippen molar-refractivity contribution in [1.29, 1.82) is 0 Å². The fourth-order valence-corrected chi connectivity index (χ4v) is 2.09. The molecule has 0 bridgehead atoms. The van der Waals surface area contributed by atoms with Crippen LogP contribution in [-0.2, 0) is 13.0 Å². The van der Waals surface area contributed by atoms with Gasteiger partial charge < -0.3 is 9.88 Å². The van der Waals surface area contributed by atoms with Crippen LogP contribution in [0, 0.1) is 0 Å². The number of rotatable bonds is 1. The van der Waals surface area contributed by atoms with Crippen molar-refractivity contribution in [1.82, 2.24) is 15.0 Å². The number of hydrogen-bond donors (Lipinski definition) is 1. The van der Waals surface area contributed by atoms with Gasteiger partial charge >= 0.3 is 0 Å². The fourth-order valence-electron chi connectivity index (χ4n) is 2.09. The third-order valence-electron chi connectivity index (χ3n) is 2.98. The maximum absolute atomic E-state index is 11.7. The molecule has 0 unspecified atom stereocenters. The average molecular weight is 228 g/mol. The van der Waals surface area contributed by atoms with E-state index in [0.717, 1.165) is 30.0 Å². The molecule has 0 saturated heterocycles. The van der Waals surface area contributed by atoms with E-state index in [1.807, 2.05) is 18.2 Å². The summed E-state index contributed by atoms with van der Waals surface area (Å²) in [6.07, 6.45) is 4.02. The van der Waals surface area contributed by atoms with Crippen molar-refractivity contribution in [3.05, 3.63) is 52.3 Å². The van der Waals surface area contributed by atoms with E-state index in [-0.39, 0.29) is 5.56 Å². The molecule has 0 spiro atoms. The summed E-state index contributed by atoms with van der Waals surface area (Å²) in [6, 6.07) is 5.79. The van der Waals surface area contributed by atoms with Gasteiger partial charge in [-0.1, -0.05) is 6.07 Å². The minimum absolute atomic E-state index is 0.0457. The molecule has 0 fully saturated rings. The lowest BCUT2D eigenvalue weighted by molar-refractivity contribution is 0.689. The molecule has 5 heteroatoms. The lowest BCUT2D eigenvalue weighted by atomic mass is 10.1. The number of nitrogens with zero attached hydrogens (tertiary/aromatic N) is 3. The first-order valence-corrected chi connectivity index (χ1v) is 5.56. The van der Waals surface area contributed by atoms with Gasteiger partial charge in [-0.05, 0) is 12.1 Å². The zero-order chi connectivity index (χ0) is 11.7. The monoisotopic (exact) mass is 228 g/mol. The van der Waals surface area contributed by atoms with E-state index in [1.165, 1.54) is 6.33 Å². The van der Waals surface area contributed by atoms with Gasteiger partial charge in [0.1, 0.15) is 5.82 Å². The summed E-state index contributed by atoms with van der Waals surface area (Å²) in [7, 11) is 0. The van der Waals surface area contributed by atoms with Crippen LogP contribution in [0.15, 0.2) is 35.5 Å². The normalized spacial score (nSPS) is 14.5. The highest BCUT2D eigenvalue weighted by atomic mass is 16.1. The van der Waals surface area contributed by atoms with Crippen molar-refractivity contribution < 1.29 is 0 Å². The molecule has 0 amide bonds. The molecule has 2 aromatic heterocycles. The zero-order valence-corrected chi connectivity index (χ0v) is 9.26. The van der Waals surface area contributed by atoms with Gasteiger partial charge in [0.15, 0.2) is 0 Å². The van der Waals surface area contributed by atoms with Gasteiger partial charge in [0.25, 0.3) is 5.56 Å². The molecule has 5 nitrogen and oxygen atoms in total. The van der Waals surface area contributed by atoms with Gasteiger partial charge in [-0.15, -0.1) is 0 Å². The van der Waals surface area contributed by atoms with Crippen LogP contribution in [0.25, 0.3) is 0 Å². The second kappa shape index (κ2) is 4.01. The first kappa shape index (κ1) is 10.0. The lowest BCUT2D eigenvalue weighted by Gasteiger charge is -2.28. The summed E-state index contributed by atoms with van der Waals surface area (Å²) in [5.74, 6) is 0.904. The molecule has 86 valence electrons. The first-order chi connectivity index (χ1) is 8.34. The van der Waals surface area contributed by atoms with E-state index in [2.05, 4.69) is 19.9 Å². The van der Waals surface area contributed by atoms with Gasteiger partial charge in [0.05, 0.1) is 24.1 Å². The second-order valence-corrected chi connectivity index (χ2v) is 4.02. The van der Waals surface area contributed by atoms with Crippen molar-refractivity contribution in [2.24, 2.45) is 0 Å². The molecule has 0 saturated carbocycles. The standard InChI is InChI=1S/C12H12N4O/c17-12-9-7-16(11-3-1-2-5-13-11)6-4-10(9)14-8-15-12/h1-3,5,8H,4,6-7H2,(H,14,15,17). The first-order valence-electron chi connectivity index (χ1n) is 5.56. The van der Waals surface area contributed by atoms with Gasteiger partial charge in [0, 0.05) is 19.2 Å². The highest BCUT2D eigenvalue weighted by Crippen LogP contribution is 2.18. The molecule has 1 aliphatic rings. The van der Waals surface area contributed by atoms with Crippen molar-refractivity contribution >= 4 is 5.82 Å². The SMILES string of the molecule is O=c1[nH]cnc2c1CN(c1ccccn1)CC2. The predicted octanol–water partition coefficient (Wildman–Crippen LogP) is 0.728. The number of nitrogens with one attached hydrogen (secondary N) is 1. The molecule has 0 atom stereocenters. The Hall–Kier alpha value is -2.17. The van der Waals surface area contributed by atoms with Crippen LogP contribution in [0.2, 0.25) is 0 Å². The second-order valence-electron chi connectivity index (χ2n) is 4.02. The number of H-pyrrole nitrogens is 1. The molecule has 0 aliphatic carbocycles. The predicted molar refractivity (Wildman–Crippen MR) is 63.8 cm³/mol. The van der Waals surface area contributed by atoms with E-state index in [1.54, 1.807) is 6.20 Å². The summed E-state index contributed by atoms with van der Waals surface area (Å²) < 4.78 is 0. The largest absolute Gasteiger partial charge is 0.352 e. The summed E-state index contributed by atoms with van der Waals surface area (Å²) in [4.78, 5) is 24.9. The Labute approximate surface area is 98.2 Å². The molecule has 1 N–H and O–H groups in total. The molecule has 1 aliphatic heterocycles. The molecule has 0 aromatic carbocycles. The quantitative estimate of drug-likeness (QED) is 0.781. The van der Waals surface area contributed by atoms with Gasteiger partial charge in [-0.3, -0.25) is 4.79 Å². The van der Waals surface area contributed by atoms with E-state index in [0.29, 0.717) is 6.54 Å². The van der Waals surface area contributed by atoms with Crippen LogP contribution in [0.3, 0.4) is 0 Å². The van der Waals surface area contributed by atoms with Crippen molar-refractivity contribution in [2.75, 3.05) is 11.4 Å². The van der Waals surface area contributed by atoms with Crippen LogP contribution in [-0.4, -0.2) is 21.5 Å². The molecular formula is C12H12N4O. The Balaban J connectivity index is 1.96. The number of hydrogen-bond acceptors (Lipinski definition) is 4. The molecule has 0 radical (unpaired) electrons. The fraction of sp³-hybridized carbons (Fsp3) is 0.250. The molecule has 3 rings (SSSR count). The summed E-state index contributed by atoms with van der Waals surface area (Å²) in [5, 5.41) is 0. The summed E-state index contributed by atoms with van der Waals surface area (Å²) in [6.45, 7) is 1.43. The van der Waals surface area contributed by atoms with Crippen molar-refractivity contribution in [3.63, 3.8) is 0 Å². The van der Waals surface area contributed by atoms with Gasteiger partial charge in [-0.2, -0.15) is 0 Å². The number of aromatic amines is 1. The van der Waals surface area contributed by atoms with Crippen LogP contribution in [0.1, 0.15) is 11.3 Å². The summed E-state index contributed by atoms with van der Waals surface area (Å²) >= 11 is 0. The Morgan fingerprint density at radius 1 is 1.29 bits per heavy atom. The third kappa shape index (κ3) is 1.80. The molecular weight excluding hydrogens is 216 g/mol. The Morgan fingerprint density at radius 3 is 3.06 bits per heavy atom. The maximum atomic E-state index is 11.7. The van der Waals surface area contributed by atoms with E-state index in [9.17, 15) is 4.79 Å². The van der Waals surface area contributed by atoms with E-state index in [4.69, 9.17) is 0 Å². The maximum Gasteiger partial charge on any atom is 0.255 e. The number of pyridine rings is 1. The third-order valence-corrected chi connectivity index (χ3v) is 2.98. The highest BCUT2D eigenvalue weighted by Gasteiger charge is 2.20.